The molecule has 0 aromatic heterocycles. The Morgan fingerprint density at radius 3 is 2.32 bits per heavy atom. The average Bonchev–Trinajstić information content (AvgIpc) is 2.72. The van der Waals surface area contributed by atoms with E-state index in [-0.39, 0.29) is 10.9 Å². The van der Waals surface area contributed by atoms with Crippen LogP contribution >= 0.6 is 0 Å². The molecule has 1 unspecified atom stereocenters. The van der Waals surface area contributed by atoms with E-state index in [2.05, 4.69) is 16.9 Å². The normalized spacial score (nSPS) is 12.5. The molecule has 3 rings (SSSR count). The van der Waals surface area contributed by atoms with Gasteiger partial charge in [-0.25, -0.2) is 13.1 Å². The first-order valence-corrected chi connectivity index (χ1v) is 10.7. The summed E-state index contributed by atoms with van der Waals surface area (Å²) < 4.78 is 34.1. The minimum Gasteiger partial charge on any atom is -0.497 e. The molecule has 1 N–H and O–H groups in total. The van der Waals surface area contributed by atoms with Crippen LogP contribution in [0, 0.1) is 6.92 Å². The van der Waals surface area contributed by atoms with E-state index in [0.717, 1.165) is 17.5 Å². The minimum absolute atomic E-state index is 0.269. The van der Waals surface area contributed by atoms with E-state index < -0.39 is 10.0 Å². The summed E-state index contributed by atoms with van der Waals surface area (Å²) in [6.07, 6.45) is 1.40. The minimum atomic E-state index is -3.64. The van der Waals surface area contributed by atoms with Gasteiger partial charge in [0.1, 0.15) is 5.75 Å². The summed E-state index contributed by atoms with van der Waals surface area (Å²) in [7, 11) is -2.03. The Morgan fingerprint density at radius 2 is 1.64 bits per heavy atom. The van der Waals surface area contributed by atoms with Crippen molar-refractivity contribution in [2.24, 2.45) is 0 Å². The highest BCUT2D eigenvalue weighted by Gasteiger charge is 2.22. The van der Waals surface area contributed by atoms with Gasteiger partial charge in [-0.3, -0.25) is 0 Å². The average molecular weight is 396 g/mol. The van der Waals surface area contributed by atoms with E-state index in [1.807, 2.05) is 49.4 Å². The zero-order valence-electron chi connectivity index (χ0n) is 16.1. The van der Waals surface area contributed by atoms with E-state index in [9.17, 15) is 8.42 Å². The lowest BCUT2D eigenvalue weighted by Gasteiger charge is -2.20. The number of methoxy groups -OCH3 is 1. The molecule has 28 heavy (non-hydrogen) atoms. The third-order valence-electron chi connectivity index (χ3n) is 4.69. The molecule has 0 spiro atoms. The lowest BCUT2D eigenvalue weighted by Crippen LogP contribution is -2.29. The molecule has 0 radical (unpaired) electrons. The monoisotopic (exact) mass is 395 g/mol. The van der Waals surface area contributed by atoms with Gasteiger partial charge in [-0.2, -0.15) is 0 Å². The second-order valence-corrected chi connectivity index (χ2v) is 8.50. The van der Waals surface area contributed by atoms with Crippen LogP contribution in [0.1, 0.15) is 29.2 Å². The molecule has 3 aromatic rings. The highest BCUT2D eigenvalue weighted by atomic mass is 32.2. The number of aryl methyl sites for hydroxylation is 2. The Bertz CT molecular complexity index is 1000. The third-order valence-corrected chi connectivity index (χ3v) is 6.18. The van der Waals surface area contributed by atoms with Crippen molar-refractivity contribution in [1.29, 1.82) is 0 Å². The molecule has 0 fully saturated rings. The van der Waals surface area contributed by atoms with Crippen molar-refractivity contribution in [3.63, 3.8) is 0 Å². The Labute approximate surface area is 167 Å². The number of rotatable bonds is 8. The first-order chi connectivity index (χ1) is 13.5. The molecule has 5 heteroatoms. The van der Waals surface area contributed by atoms with Crippen LogP contribution in [0.25, 0.3) is 0 Å². The van der Waals surface area contributed by atoms with E-state index >= 15 is 0 Å². The molecule has 4 nitrogen and oxygen atoms in total. The highest BCUT2D eigenvalue weighted by molar-refractivity contribution is 7.89. The number of sulfonamides is 1. The fourth-order valence-electron chi connectivity index (χ4n) is 3.08. The van der Waals surface area contributed by atoms with Crippen molar-refractivity contribution in [1.82, 2.24) is 4.72 Å². The van der Waals surface area contributed by atoms with Gasteiger partial charge in [0, 0.05) is 6.04 Å². The van der Waals surface area contributed by atoms with Crippen LogP contribution in [0.3, 0.4) is 0 Å². The SMILES string of the molecule is COc1cccc(C(CCc2ccccc2)NS(=O)(=O)c2ccc(C)cc2)c1. The summed E-state index contributed by atoms with van der Waals surface area (Å²) in [4.78, 5) is 0.269. The Balaban J connectivity index is 1.87. The lowest BCUT2D eigenvalue weighted by molar-refractivity contribution is 0.413. The van der Waals surface area contributed by atoms with E-state index in [1.54, 1.807) is 31.4 Å². The maximum absolute atomic E-state index is 13.0. The fraction of sp³-hybridized carbons (Fsp3) is 0.217. The van der Waals surface area contributed by atoms with Crippen molar-refractivity contribution >= 4 is 10.0 Å². The van der Waals surface area contributed by atoms with Crippen molar-refractivity contribution in [2.45, 2.75) is 30.7 Å². The molecule has 0 amide bonds. The molecule has 0 saturated carbocycles. The van der Waals surface area contributed by atoms with Crippen LogP contribution in [0.15, 0.2) is 83.8 Å². The molecule has 0 bridgehead atoms. The number of ether oxygens (including phenoxy) is 1. The first kappa shape index (κ1) is 20.1. The van der Waals surface area contributed by atoms with E-state index in [0.29, 0.717) is 12.2 Å². The van der Waals surface area contributed by atoms with Crippen LogP contribution < -0.4 is 9.46 Å². The molecule has 0 aliphatic rings. The van der Waals surface area contributed by atoms with Crippen LogP contribution in [-0.2, 0) is 16.4 Å². The molecule has 0 saturated heterocycles. The van der Waals surface area contributed by atoms with Gasteiger partial charge >= 0.3 is 0 Å². The molecule has 3 aromatic carbocycles. The molecular formula is C23H25NO3S. The van der Waals surface area contributed by atoms with E-state index in [1.165, 1.54) is 5.56 Å². The molecule has 0 heterocycles. The first-order valence-electron chi connectivity index (χ1n) is 9.25. The largest absolute Gasteiger partial charge is 0.497 e. The van der Waals surface area contributed by atoms with Gasteiger partial charge in [-0.1, -0.05) is 60.2 Å². The van der Waals surface area contributed by atoms with Crippen LogP contribution in [0.4, 0.5) is 0 Å². The summed E-state index contributed by atoms with van der Waals surface area (Å²) in [6, 6.07) is 24.1. The highest BCUT2D eigenvalue weighted by Crippen LogP contribution is 2.25. The number of hydrogen-bond acceptors (Lipinski definition) is 3. The maximum Gasteiger partial charge on any atom is 0.241 e. The Kier molecular flexibility index (Phi) is 6.49. The number of benzene rings is 3. The number of hydrogen-bond donors (Lipinski definition) is 1. The van der Waals surface area contributed by atoms with Gasteiger partial charge in [-0.05, 0) is 55.2 Å². The molecule has 0 aliphatic carbocycles. The Hall–Kier alpha value is -2.63. The van der Waals surface area contributed by atoms with E-state index in [4.69, 9.17) is 4.74 Å². The van der Waals surface area contributed by atoms with Crippen LogP contribution in [0.2, 0.25) is 0 Å². The van der Waals surface area contributed by atoms with Gasteiger partial charge in [-0.15, -0.1) is 0 Å². The Morgan fingerprint density at radius 1 is 0.929 bits per heavy atom. The lowest BCUT2D eigenvalue weighted by atomic mass is 9.99. The van der Waals surface area contributed by atoms with Gasteiger partial charge in [0.2, 0.25) is 10.0 Å². The fourth-order valence-corrected chi connectivity index (χ4v) is 4.34. The summed E-state index contributed by atoms with van der Waals surface area (Å²) in [6.45, 7) is 1.93. The summed E-state index contributed by atoms with van der Waals surface area (Å²) in [5, 5.41) is 0. The van der Waals surface area contributed by atoms with Crippen LogP contribution in [0.5, 0.6) is 5.75 Å². The summed E-state index contributed by atoms with van der Waals surface area (Å²) in [5.41, 5.74) is 3.07. The van der Waals surface area contributed by atoms with Gasteiger partial charge in [0.15, 0.2) is 0 Å². The smallest absolute Gasteiger partial charge is 0.241 e. The van der Waals surface area contributed by atoms with Gasteiger partial charge in [0.05, 0.1) is 12.0 Å². The van der Waals surface area contributed by atoms with Crippen LogP contribution in [-0.4, -0.2) is 15.5 Å². The quantitative estimate of drug-likeness (QED) is 0.604. The molecule has 1 atom stereocenters. The predicted molar refractivity (Wildman–Crippen MR) is 112 cm³/mol. The molecule has 146 valence electrons. The van der Waals surface area contributed by atoms with Crippen molar-refractivity contribution in [2.75, 3.05) is 7.11 Å². The van der Waals surface area contributed by atoms with Gasteiger partial charge in [0.25, 0.3) is 0 Å². The zero-order chi connectivity index (χ0) is 20.0. The zero-order valence-corrected chi connectivity index (χ0v) is 16.9. The third kappa shape index (κ3) is 5.21. The predicted octanol–water partition coefficient (Wildman–Crippen LogP) is 4.66. The standard InChI is InChI=1S/C23H25NO3S/c1-18-11-14-22(15-12-18)28(25,26)24-23(16-13-19-7-4-3-5-8-19)20-9-6-10-21(17-20)27-2/h3-12,14-15,17,23-24H,13,16H2,1-2H3. The van der Waals surface area contributed by atoms with Crippen molar-refractivity contribution < 1.29 is 13.2 Å². The number of nitrogens with one attached hydrogen (secondary N) is 1. The summed E-state index contributed by atoms with van der Waals surface area (Å²) >= 11 is 0. The van der Waals surface area contributed by atoms with Gasteiger partial charge < -0.3 is 4.74 Å². The second-order valence-electron chi connectivity index (χ2n) is 6.79. The van der Waals surface area contributed by atoms with Crippen molar-refractivity contribution in [3.05, 3.63) is 95.6 Å². The second kappa shape index (κ2) is 9.04. The topological polar surface area (TPSA) is 55.4 Å². The molecule has 0 aliphatic heterocycles. The maximum atomic E-state index is 13.0. The molecular weight excluding hydrogens is 370 g/mol. The summed E-state index contributed by atoms with van der Waals surface area (Å²) in [5.74, 6) is 0.705. The van der Waals surface area contributed by atoms with Crippen molar-refractivity contribution in [3.8, 4) is 5.75 Å².